The number of imidazole rings is 1. The fraction of sp³-hybridized carbons (Fsp3) is 0.500. The molecule has 0 N–H and O–H groups in total. The van der Waals surface area contributed by atoms with Crippen molar-refractivity contribution in [1.82, 2.24) is 24.2 Å². The number of fused-ring (bicyclic) bond motifs is 2. The van der Waals surface area contributed by atoms with Crippen LogP contribution in [0.5, 0.6) is 0 Å². The van der Waals surface area contributed by atoms with Crippen molar-refractivity contribution in [3.05, 3.63) is 51.9 Å². The van der Waals surface area contributed by atoms with E-state index >= 15 is 0 Å². The van der Waals surface area contributed by atoms with Gasteiger partial charge in [-0.25, -0.2) is 9.67 Å². The summed E-state index contributed by atoms with van der Waals surface area (Å²) < 4.78 is 3.85. The maximum Gasteiger partial charge on any atom is 0.267 e. The van der Waals surface area contributed by atoms with Gasteiger partial charge in [-0.3, -0.25) is 9.69 Å². The number of para-hydroxylation sites is 2. The molecule has 5 rings (SSSR count). The van der Waals surface area contributed by atoms with E-state index in [1.165, 1.54) is 18.4 Å². The van der Waals surface area contributed by atoms with Crippen LogP contribution in [0.4, 0.5) is 5.95 Å². The summed E-state index contributed by atoms with van der Waals surface area (Å²) >= 11 is 0. The first-order chi connectivity index (χ1) is 14.2. The lowest BCUT2D eigenvalue weighted by Gasteiger charge is -2.35. The normalized spacial score (nSPS) is 17.6. The Morgan fingerprint density at radius 3 is 2.62 bits per heavy atom. The van der Waals surface area contributed by atoms with Gasteiger partial charge in [-0.05, 0) is 43.4 Å². The third-order valence-electron chi connectivity index (χ3n) is 6.32. The van der Waals surface area contributed by atoms with Crippen molar-refractivity contribution in [3.63, 3.8) is 0 Å². The van der Waals surface area contributed by atoms with Crippen molar-refractivity contribution >= 4 is 17.0 Å². The van der Waals surface area contributed by atoms with Gasteiger partial charge in [0.2, 0.25) is 5.95 Å². The van der Waals surface area contributed by atoms with E-state index in [1.807, 2.05) is 12.1 Å². The fourth-order valence-corrected chi connectivity index (χ4v) is 4.58. The molecule has 1 fully saturated rings. The van der Waals surface area contributed by atoms with Crippen LogP contribution in [0.2, 0.25) is 0 Å². The summed E-state index contributed by atoms with van der Waals surface area (Å²) in [5.41, 5.74) is 4.55. The summed E-state index contributed by atoms with van der Waals surface area (Å²) in [6, 6.07) is 10.1. The van der Waals surface area contributed by atoms with E-state index in [0.717, 1.165) is 68.3 Å². The standard InChI is InChI=1S/C22H28N6O/c1-25-20-9-5-4-8-19(20)23-22(25)27-13-10-26(11-14-27)12-15-28-21(29)16-17-6-2-3-7-18(17)24-28/h4-5,8-9,16H,2-3,6-7,10-15H2,1H3. The first-order valence-electron chi connectivity index (χ1n) is 10.7. The van der Waals surface area contributed by atoms with Gasteiger partial charge in [-0.15, -0.1) is 0 Å². The Morgan fingerprint density at radius 2 is 1.79 bits per heavy atom. The smallest absolute Gasteiger partial charge is 0.267 e. The van der Waals surface area contributed by atoms with E-state index in [4.69, 9.17) is 4.98 Å². The molecule has 0 bridgehead atoms. The van der Waals surface area contributed by atoms with Crippen molar-refractivity contribution < 1.29 is 0 Å². The Balaban J connectivity index is 1.21. The zero-order chi connectivity index (χ0) is 19.8. The van der Waals surface area contributed by atoms with Crippen molar-refractivity contribution in [2.45, 2.75) is 32.2 Å². The highest BCUT2D eigenvalue weighted by atomic mass is 16.1. The molecule has 1 aliphatic heterocycles. The van der Waals surface area contributed by atoms with Crippen molar-refractivity contribution in [2.24, 2.45) is 7.05 Å². The number of hydrogen-bond donors (Lipinski definition) is 0. The van der Waals surface area contributed by atoms with Gasteiger partial charge in [-0.1, -0.05) is 12.1 Å². The van der Waals surface area contributed by atoms with Crippen LogP contribution in [0.3, 0.4) is 0 Å². The summed E-state index contributed by atoms with van der Waals surface area (Å²) in [6.45, 7) is 5.37. The second-order valence-corrected chi connectivity index (χ2v) is 8.17. The molecule has 3 aromatic rings. The third kappa shape index (κ3) is 3.55. The second-order valence-electron chi connectivity index (χ2n) is 8.17. The molecule has 0 spiro atoms. The van der Waals surface area contributed by atoms with Gasteiger partial charge in [0.05, 0.1) is 23.3 Å². The first-order valence-corrected chi connectivity index (χ1v) is 10.7. The molecule has 1 aromatic carbocycles. The maximum atomic E-state index is 12.4. The van der Waals surface area contributed by atoms with Gasteiger partial charge in [0.15, 0.2) is 0 Å². The Morgan fingerprint density at radius 1 is 1.00 bits per heavy atom. The number of anilines is 1. The summed E-state index contributed by atoms with van der Waals surface area (Å²) in [4.78, 5) is 22.0. The van der Waals surface area contributed by atoms with Crippen LogP contribution in [0.25, 0.3) is 11.0 Å². The van der Waals surface area contributed by atoms with Crippen LogP contribution < -0.4 is 10.5 Å². The molecule has 0 unspecified atom stereocenters. The molecule has 7 nitrogen and oxygen atoms in total. The largest absolute Gasteiger partial charge is 0.340 e. The molecular formula is C22H28N6O. The second kappa shape index (κ2) is 7.63. The number of aromatic nitrogens is 4. The molecular weight excluding hydrogens is 364 g/mol. The Hall–Kier alpha value is -2.67. The van der Waals surface area contributed by atoms with Crippen molar-refractivity contribution in [2.75, 3.05) is 37.6 Å². The number of hydrogen-bond acceptors (Lipinski definition) is 5. The van der Waals surface area contributed by atoms with Crippen LogP contribution in [0, 0.1) is 0 Å². The third-order valence-corrected chi connectivity index (χ3v) is 6.32. The lowest BCUT2D eigenvalue weighted by atomic mass is 9.97. The molecule has 0 radical (unpaired) electrons. The van der Waals surface area contributed by atoms with Gasteiger partial charge in [0, 0.05) is 45.8 Å². The Labute approximate surface area is 170 Å². The van der Waals surface area contributed by atoms with Crippen LogP contribution in [0.15, 0.2) is 35.1 Å². The van der Waals surface area contributed by atoms with Gasteiger partial charge in [0.25, 0.3) is 5.56 Å². The van der Waals surface area contributed by atoms with Crippen LogP contribution in [-0.2, 0) is 26.4 Å². The van der Waals surface area contributed by atoms with Crippen LogP contribution >= 0.6 is 0 Å². The fourth-order valence-electron chi connectivity index (χ4n) is 4.58. The SMILES string of the molecule is Cn1c(N2CCN(CCn3nc4c(cc3=O)CCCC4)CC2)nc2ccccc21. The predicted molar refractivity (Wildman–Crippen MR) is 115 cm³/mol. The number of aryl methyl sites for hydroxylation is 3. The average molecular weight is 393 g/mol. The van der Waals surface area contributed by atoms with Crippen molar-refractivity contribution in [1.29, 1.82) is 0 Å². The maximum absolute atomic E-state index is 12.4. The van der Waals surface area contributed by atoms with E-state index < -0.39 is 0 Å². The molecule has 152 valence electrons. The van der Waals surface area contributed by atoms with Gasteiger partial charge in [-0.2, -0.15) is 5.10 Å². The summed E-state index contributed by atoms with van der Waals surface area (Å²) in [6.07, 6.45) is 4.37. The Bertz CT molecular complexity index is 1080. The molecule has 2 aromatic heterocycles. The van der Waals surface area contributed by atoms with Gasteiger partial charge >= 0.3 is 0 Å². The van der Waals surface area contributed by atoms with Crippen LogP contribution in [-0.4, -0.2) is 57.0 Å². The minimum absolute atomic E-state index is 0.0454. The topological polar surface area (TPSA) is 59.2 Å². The van der Waals surface area contributed by atoms with E-state index in [-0.39, 0.29) is 5.56 Å². The number of benzene rings is 1. The van der Waals surface area contributed by atoms with Gasteiger partial charge in [0.1, 0.15) is 0 Å². The van der Waals surface area contributed by atoms with E-state index in [2.05, 4.69) is 44.7 Å². The summed E-state index contributed by atoms with van der Waals surface area (Å²) in [5, 5.41) is 4.65. The Kier molecular flexibility index (Phi) is 4.83. The highest BCUT2D eigenvalue weighted by molar-refractivity contribution is 5.78. The lowest BCUT2D eigenvalue weighted by Crippen LogP contribution is -2.48. The first kappa shape index (κ1) is 18.4. The molecule has 0 atom stereocenters. The zero-order valence-corrected chi connectivity index (χ0v) is 17.0. The molecule has 0 amide bonds. The molecule has 0 saturated carbocycles. The highest BCUT2D eigenvalue weighted by Crippen LogP contribution is 2.22. The lowest BCUT2D eigenvalue weighted by molar-refractivity contribution is 0.241. The minimum atomic E-state index is 0.0454. The highest BCUT2D eigenvalue weighted by Gasteiger charge is 2.21. The molecule has 3 heterocycles. The van der Waals surface area contributed by atoms with E-state index in [1.54, 1.807) is 4.68 Å². The van der Waals surface area contributed by atoms with E-state index in [0.29, 0.717) is 6.54 Å². The quantitative estimate of drug-likeness (QED) is 0.678. The molecule has 7 heteroatoms. The van der Waals surface area contributed by atoms with Crippen LogP contribution in [0.1, 0.15) is 24.1 Å². The molecule has 2 aliphatic rings. The summed E-state index contributed by atoms with van der Waals surface area (Å²) in [5.74, 6) is 1.04. The molecule has 1 saturated heterocycles. The molecule has 29 heavy (non-hydrogen) atoms. The summed E-state index contributed by atoms with van der Waals surface area (Å²) in [7, 11) is 2.09. The van der Waals surface area contributed by atoms with E-state index in [9.17, 15) is 4.79 Å². The minimum Gasteiger partial charge on any atom is -0.340 e. The number of nitrogens with zero attached hydrogens (tertiary/aromatic N) is 6. The molecule has 1 aliphatic carbocycles. The number of rotatable bonds is 4. The average Bonchev–Trinajstić information content (AvgIpc) is 3.09. The number of piperazine rings is 1. The predicted octanol–water partition coefficient (Wildman–Crippen LogP) is 1.83. The van der Waals surface area contributed by atoms with Crippen molar-refractivity contribution in [3.8, 4) is 0 Å². The van der Waals surface area contributed by atoms with Gasteiger partial charge < -0.3 is 9.47 Å². The monoisotopic (exact) mass is 392 g/mol. The zero-order valence-electron chi connectivity index (χ0n) is 17.0.